The molecule has 112 valence electrons. The van der Waals surface area contributed by atoms with Gasteiger partial charge in [-0.25, -0.2) is 4.39 Å². The summed E-state index contributed by atoms with van der Waals surface area (Å²) in [5, 5.41) is 13.1. The molecule has 1 unspecified atom stereocenters. The molecule has 0 aromatic heterocycles. The third kappa shape index (κ3) is 5.17. The molecule has 0 saturated carbocycles. The number of rotatable bonds is 7. The van der Waals surface area contributed by atoms with Gasteiger partial charge in [0, 0.05) is 31.4 Å². The molecule has 2 N–H and O–H groups in total. The van der Waals surface area contributed by atoms with Gasteiger partial charge in [0.25, 0.3) is 0 Å². The Bertz CT molecular complexity index is 396. The molecule has 0 bridgehead atoms. The number of nitrogens with one attached hydrogen (secondary N) is 1. The highest BCUT2D eigenvalue weighted by atomic mass is 19.1. The van der Waals surface area contributed by atoms with Gasteiger partial charge >= 0.3 is 0 Å². The molecule has 1 aliphatic rings. The molecule has 1 aromatic rings. The second kappa shape index (κ2) is 8.32. The average Bonchev–Trinajstić information content (AvgIpc) is 2.48. The summed E-state index contributed by atoms with van der Waals surface area (Å²) in [7, 11) is 0. The summed E-state index contributed by atoms with van der Waals surface area (Å²) in [4.78, 5) is 0. The van der Waals surface area contributed by atoms with Crippen LogP contribution in [0.2, 0.25) is 0 Å². The monoisotopic (exact) mass is 283 g/mol. The normalized spacial score (nSPS) is 18.1. The lowest BCUT2D eigenvalue weighted by molar-refractivity contribution is 0.0220. The molecule has 1 fully saturated rings. The van der Waals surface area contributed by atoms with Crippen molar-refractivity contribution in [2.45, 2.75) is 31.6 Å². The maximum absolute atomic E-state index is 13.3. The zero-order valence-electron chi connectivity index (χ0n) is 11.6. The van der Waals surface area contributed by atoms with Crippen LogP contribution < -0.4 is 5.32 Å². The molecular weight excluding hydrogens is 261 g/mol. The number of aliphatic hydroxyl groups excluding tert-OH is 1. The van der Waals surface area contributed by atoms with E-state index >= 15 is 0 Å². The van der Waals surface area contributed by atoms with Gasteiger partial charge in [0.05, 0.1) is 19.3 Å². The minimum atomic E-state index is -0.579. The summed E-state index contributed by atoms with van der Waals surface area (Å²) >= 11 is 0. The third-order valence-corrected chi connectivity index (χ3v) is 3.39. The second-order valence-electron chi connectivity index (χ2n) is 5.06. The fraction of sp³-hybridized carbons (Fsp3) is 0.600. The Morgan fingerprint density at radius 1 is 1.35 bits per heavy atom. The minimum absolute atomic E-state index is 0.182. The second-order valence-corrected chi connectivity index (χ2v) is 5.06. The lowest BCUT2D eigenvalue weighted by Gasteiger charge is -2.24. The van der Waals surface area contributed by atoms with Crippen molar-refractivity contribution in [3.8, 4) is 0 Å². The van der Waals surface area contributed by atoms with Crippen molar-refractivity contribution in [2.75, 3.05) is 26.4 Å². The SMILES string of the molecule is OC(CNC1CCOCC1)COCc1ccccc1F. The highest BCUT2D eigenvalue weighted by molar-refractivity contribution is 5.16. The van der Waals surface area contributed by atoms with E-state index in [1.165, 1.54) is 6.07 Å². The van der Waals surface area contributed by atoms with Gasteiger partial charge in [-0.1, -0.05) is 18.2 Å². The lowest BCUT2D eigenvalue weighted by atomic mass is 10.1. The van der Waals surface area contributed by atoms with Gasteiger partial charge in [0.15, 0.2) is 0 Å². The van der Waals surface area contributed by atoms with Gasteiger partial charge in [0.2, 0.25) is 0 Å². The van der Waals surface area contributed by atoms with E-state index in [9.17, 15) is 9.50 Å². The fourth-order valence-electron chi connectivity index (χ4n) is 2.18. The maximum atomic E-state index is 13.3. The molecule has 5 heteroatoms. The van der Waals surface area contributed by atoms with Crippen molar-refractivity contribution in [3.63, 3.8) is 0 Å². The highest BCUT2D eigenvalue weighted by Crippen LogP contribution is 2.08. The number of hydrogen-bond acceptors (Lipinski definition) is 4. The Labute approximate surface area is 118 Å². The lowest BCUT2D eigenvalue weighted by Crippen LogP contribution is -2.40. The predicted octanol–water partition coefficient (Wildman–Crippen LogP) is 1.47. The van der Waals surface area contributed by atoms with Crippen molar-refractivity contribution in [1.82, 2.24) is 5.32 Å². The van der Waals surface area contributed by atoms with E-state index in [1.54, 1.807) is 18.2 Å². The van der Waals surface area contributed by atoms with E-state index in [-0.39, 0.29) is 19.0 Å². The van der Waals surface area contributed by atoms with Crippen molar-refractivity contribution in [2.24, 2.45) is 0 Å². The molecule has 0 spiro atoms. The van der Waals surface area contributed by atoms with Gasteiger partial charge in [-0.2, -0.15) is 0 Å². The zero-order valence-corrected chi connectivity index (χ0v) is 11.6. The van der Waals surface area contributed by atoms with Gasteiger partial charge in [0.1, 0.15) is 5.82 Å². The largest absolute Gasteiger partial charge is 0.389 e. The van der Waals surface area contributed by atoms with Gasteiger partial charge < -0.3 is 19.9 Å². The Morgan fingerprint density at radius 3 is 2.85 bits per heavy atom. The number of halogens is 1. The first-order valence-electron chi connectivity index (χ1n) is 7.06. The standard InChI is InChI=1S/C15H22FNO3/c16-15-4-2-1-3-12(15)10-20-11-14(18)9-17-13-5-7-19-8-6-13/h1-4,13-14,17-18H,5-11H2. The van der Waals surface area contributed by atoms with Crippen LogP contribution in [-0.4, -0.2) is 43.6 Å². The number of aliphatic hydroxyl groups is 1. The zero-order chi connectivity index (χ0) is 14.2. The smallest absolute Gasteiger partial charge is 0.128 e. The van der Waals surface area contributed by atoms with Crippen molar-refractivity contribution in [3.05, 3.63) is 35.6 Å². The fourth-order valence-corrected chi connectivity index (χ4v) is 2.18. The van der Waals surface area contributed by atoms with Gasteiger partial charge in [-0.15, -0.1) is 0 Å². The first kappa shape index (κ1) is 15.4. The summed E-state index contributed by atoms with van der Waals surface area (Å²) in [6.07, 6.45) is 1.37. The molecule has 0 amide bonds. The molecule has 1 aliphatic heterocycles. The van der Waals surface area contributed by atoms with Crippen LogP contribution in [0.4, 0.5) is 4.39 Å². The van der Waals surface area contributed by atoms with Crippen molar-refractivity contribution >= 4 is 0 Å². The molecule has 20 heavy (non-hydrogen) atoms. The van der Waals surface area contributed by atoms with E-state index in [0.29, 0.717) is 18.2 Å². The number of hydrogen-bond donors (Lipinski definition) is 2. The molecular formula is C15H22FNO3. The van der Waals surface area contributed by atoms with Crippen LogP contribution in [0.15, 0.2) is 24.3 Å². The van der Waals surface area contributed by atoms with Crippen LogP contribution in [0, 0.1) is 5.82 Å². The first-order valence-corrected chi connectivity index (χ1v) is 7.06. The van der Waals surface area contributed by atoms with Crippen LogP contribution in [0.1, 0.15) is 18.4 Å². The van der Waals surface area contributed by atoms with E-state index in [2.05, 4.69) is 5.32 Å². The third-order valence-electron chi connectivity index (χ3n) is 3.39. The molecule has 1 saturated heterocycles. The number of benzene rings is 1. The van der Waals surface area contributed by atoms with E-state index in [4.69, 9.17) is 9.47 Å². The van der Waals surface area contributed by atoms with E-state index in [0.717, 1.165) is 26.1 Å². The predicted molar refractivity (Wildman–Crippen MR) is 73.9 cm³/mol. The number of ether oxygens (including phenoxy) is 2. The Morgan fingerprint density at radius 2 is 2.10 bits per heavy atom. The molecule has 2 rings (SSSR count). The quantitative estimate of drug-likeness (QED) is 0.796. The Balaban J connectivity index is 1.60. The van der Waals surface area contributed by atoms with Gasteiger partial charge in [-0.05, 0) is 18.9 Å². The van der Waals surface area contributed by atoms with Crippen LogP contribution >= 0.6 is 0 Å². The molecule has 1 aromatic carbocycles. The van der Waals surface area contributed by atoms with Crippen LogP contribution in [0.3, 0.4) is 0 Å². The summed E-state index contributed by atoms with van der Waals surface area (Å²) in [5.41, 5.74) is 0.511. The molecule has 1 atom stereocenters. The topological polar surface area (TPSA) is 50.7 Å². The van der Waals surface area contributed by atoms with Gasteiger partial charge in [-0.3, -0.25) is 0 Å². The minimum Gasteiger partial charge on any atom is -0.389 e. The highest BCUT2D eigenvalue weighted by Gasteiger charge is 2.14. The summed E-state index contributed by atoms with van der Waals surface area (Å²) in [5.74, 6) is -0.276. The Hall–Kier alpha value is -1.01. The molecule has 1 heterocycles. The van der Waals surface area contributed by atoms with Crippen molar-refractivity contribution in [1.29, 1.82) is 0 Å². The Kier molecular flexibility index (Phi) is 6.39. The maximum Gasteiger partial charge on any atom is 0.128 e. The summed E-state index contributed by atoms with van der Waals surface area (Å²) < 4.78 is 24.0. The molecule has 0 aliphatic carbocycles. The van der Waals surface area contributed by atoms with Crippen LogP contribution in [0.25, 0.3) is 0 Å². The van der Waals surface area contributed by atoms with Crippen LogP contribution in [0.5, 0.6) is 0 Å². The average molecular weight is 283 g/mol. The van der Waals surface area contributed by atoms with E-state index < -0.39 is 6.10 Å². The van der Waals surface area contributed by atoms with E-state index in [1.807, 2.05) is 0 Å². The summed E-state index contributed by atoms with van der Waals surface area (Å²) in [6.45, 7) is 2.42. The summed E-state index contributed by atoms with van der Waals surface area (Å²) in [6, 6.07) is 6.91. The molecule has 0 radical (unpaired) electrons. The van der Waals surface area contributed by atoms with Crippen molar-refractivity contribution < 1.29 is 19.0 Å². The van der Waals surface area contributed by atoms with Crippen LogP contribution in [-0.2, 0) is 16.1 Å². The first-order chi connectivity index (χ1) is 9.75. The molecule has 4 nitrogen and oxygen atoms in total.